The molecule has 194 valence electrons. The summed E-state index contributed by atoms with van der Waals surface area (Å²) in [6.07, 6.45) is 0. The Kier molecular flexibility index (Phi) is 6.44. The van der Waals surface area contributed by atoms with E-state index in [0.717, 1.165) is 15.9 Å². The highest BCUT2D eigenvalue weighted by Crippen LogP contribution is 2.31. The molecule has 0 bridgehead atoms. The molecule has 1 aliphatic heterocycles. The average molecular weight is 512 g/mol. The number of fused-ring (bicyclic) bond motifs is 1. The van der Waals surface area contributed by atoms with Gasteiger partial charge in [-0.05, 0) is 18.2 Å². The monoisotopic (exact) mass is 511 g/mol. The summed E-state index contributed by atoms with van der Waals surface area (Å²) in [5, 5.41) is 17.8. The Bertz CT molecular complexity index is 1580. The summed E-state index contributed by atoms with van der Waals surface area (Å²) >= 11 is 0. The molecule has 0 radical (unpaired) electrons. The SMILES string of the molecule is CC(C)(C)C(=O)N1CCN(c2ccc([N+](=O)[O-])c(-n3nc(-c4ccccc4)c4ccccc4c3=O)c2)CC1. The van der Waals surface area contributed by atoms with Crippen molar-refractivity contribution in [2.75, 3.05) is 31.1 Å². The second-order valence-corrected chi connectivity index (χ2v) is 10.4. The normalized spacial score (nSPS) is 14.1. The van der Waals surface area contributed by atoms with Crippen molar-refractivity contribution >= 4 is 28.1 Å². The molecule has 1 fully saturated rings. The molecule has 3 aromatic carbocycles. The number of nitrogens with zero attached hydrogens (tertiary/aromatic N) is 5. The first-order valence-electron chi connectivity index (χ1n) is 12.6. The zero-order chi connectivity index (χ0) is 27.0. The molecular formula is C29H29N5O4. The lowest BCUT2D eigenvalue weighted by atomic mass is 9.94. The van der Waals surface area contributed by atoms with Gasteiger partial charge in [-0.1, -0.05) is 69.3 Å². The second kappa shape index (κ2) is 9.74. The highest BCUT2D eigenvalue weighted by atomic mass is 16.6. The topological polar surface area (TPSA) is 102 Å². The Hall–Kier alpha value is -4.53. The largest absolute Gasteiger partial charge is 0.368 e. The number of carbonyl (C=O) groups is 1. The van der Waals surface area contributed by atoms with E-state index in [9.17, 15) is 19.7 Å². The lowest BCUT2D eigenvalue weighted by Gasteiger charge is -2.38. The van der Waals surface area contributed by atoms with E-state index in [4.69, 9.17) is 0 Å². The van der Waals surface area contributed by atoms with Crippen LogP contribution in [0.5, 0.6) is 0 Å². The fourth-order valence-electron chi connectivity index (χ4n) is 4.84. The van der Waals surface area contributed by atoms with Gasteiger partial charge in [-0.25, -0.2) is 0 Å². The summed E-state index contributed by atoms with van der Waals surface area (Å²) < 4.78 is 1.14. The summed E-state index contributed by atoms with van der Waals surface area (Å²) in [6, 6.07) is 21.4. The maximum atomic E-state index is 13.6. The number of carbonyl (C=O) groups excluding carboxylic acids is 1. The molecule has 0 atom stereocenters. The maximum absolute atomic E-state index is 13.6. The molecule has 0 unspecified atom stereocenters. The van der Waals surface area contributed by atoms with Crippen molar-refractivity contribution in [2.45, 2.75) is 20.8 Å². The van der Waals surface area contributed by atoms with Gasteiger partial charge in [-0.2, -0.15) is 9.78 Å². The highest BCUT2D eigenvalue weighted by Gasteiger charge is 2.30. The fraction of sp³-hybridized carbons (Fsp3) is 0.276. The molecule has 0 spiro atoms. The smallest absolute Gasteiger partial charge is 0.295 e. The number of benzene rings is 3. The minimum atomic E-state index is -0.495. The molecule has 0 N–H and O–H groups in total. The number of piperazine rings is 1. The van der Waals surface area contributed by atoms with Gasteiger partial charge in [0.2, 0.25) is 5.91 Å². The third-order valence-corrected chi connectivity index (χ3v) is 6.81. The van der Waals surface area contributed by atoms with Crippen LogP contribution in [0.2, 0.25) is 0 Å². The fourth-order valence-corrected chi connectivity index (χ4v) is 4.84. The van der Waals surface area contributed by atoms with Crippen molar-refractivity contribution in [1.82, 2.24) is 14.7 Å². The van der Waals surface area contributed by atoms with E-state index in [2.05, 4.69) is 10.00 Å². The molecule has 38 heavy (non-hydrogen) atoms. The van der Waals surface area contributed by atoms with E-state index < -0.39 is 15.9 Å². The predicted octanol–water partition coefficient (Wildman–Crippen LogP) is 4.66. The second-order valence-electron chi connectivity index (χ2n) is 10.4. The number of nitro benzene ring substituents is 1. The van der Waals surface area contributed by atoms with Crippen LogP contribution in [0.1, 0.15) is 20.8 Å². The molecule has 4 aromatic rings. The Balaban J connectivity index is 1.60. The first-order chi connectivity index (χ1) is 18.1. The molecule has 5 rings (SSSR count). The van der Waals surface area contributed by atoms with Crippen molar-refractivity contribution < 1.29 is 9.72 Å². The standard InChI is InChI=1S/C29H29N5O4/c1-29(2,3)28(36)32-17-15-31(16-18-32)21-13-14-24(34(37)38)25(19-21)33-27(35)23-12-8-7-11-22(23)26(30-33)20-9-5-4-6-10-20/h4-14,19H,15-18H2,1-3H3. The van der Waals surface area contributed by atoms with Crippen LogP contribution in [-0.4, -0.2) is 51.7 Å². The van der Waals surface area contributed by atoms with Crippen molar-refractivity contribution in [3.05, 3.63) is 93.3 Å². The van der Waals surface area contributed by atoms with E-state index in [-0.39, 0.29) is 17.3 Å². The number of rotatable bonds is 4. The van der Waals surface area contributed by atoms with Gasteiger partial charge in [0.15, 0.2) is 0 Å². The zero-order valence-corrected chi connectivity index (χ0v) is 21.6. The van der Waals surface area contributed by atoms with Crippen LogP contribution in [0.4, 0.5) is 11.4 Å². The van der Waals surface area contributed by atoms with Gasteiger partial charge in [-0.3, -0.25) is 19.7 Å². The Labute approximate surface area is 220 Å². The van der Waals surface area contributed by atoms with Crippen molar-refractivity contribution in [2.24, 2.45) is 5.41 Å². The number of nitro groups is 1. The zero-order valence-electron chi connectivity index (χ0n) is 21.6. The molecule has 9 heteroatoms. The van der Waals surface area contributed by atoms with Crippen molar-refractivity contribution in [1.29, 1.82) is 0 Å². The van der Waals surface area contributed by atoms with Crippen LogP contribution in [-0.2, 0) is 4.79 Å². The van der Waals surface area contributed by atoms with Gasteiger partial charge in [0, 0.05) is 54.3 Å². The quantitative estimate of drug-likeness (QED) is 0.292. The van der Waals surface area contributed by atoms with E-state index in [1.54, 1.807) is 24.3 Å². The molecular weight excluding hydrogens is 482 g/mol. The average Bonchev–Trinajstić information content (AvgIpc) is 2.93. The number of hydrogen-bond donors (Lipinski definition) is 0. The van der Waals surface area contributed by atoms with Crippen LogP contribution in [0, 0.1) is 15.5 Å². The van der Waals surface area contributed by atoms with Crippen LogP contribution in [0.15, 0.2) is 77.6 Å². The maximum Gasteiger partial charge on any atom is 0.295 e. The van der Waals surface area contributed by atoms with Crippen molar-refractivity contribution in [3.8, 4) is 16.9 Å². The van der Waals surface area contributed by atoms with Gasteiger partial charge in [-0.15, -0.1) is 0 Å². The third-order valence-electron chi connectivity index (χ3n) is 6.81. The molecule has 2 heterocycles. The summed E-state index contributed by atoms with van der Waals surface area (Å²) in [5.41, 5.74) is 1.11. The van der Waals surface area contributed by atoms with Gasteiger partial charge in [0.25, 0.3) is 11.2 Å². The summed E-state index contributed by atoms with van der Waals surface area (Å²) in [6.45, 7) is 7.97. The van der Waals surface area contributed by atoms with Crippen molar-refractivity contribution in [3.63, 3.8) is 0 Å². The van der Waals surface area contributed by atoms with Crippen LogP contribution >= 0.6 is 0 Å². The van der Waals surface area contributed by atoms with Crippen LogP contribution in [0.25, 0.3) is 27.7 Å². The Morgan fingerprint density at radius 2 is 1.53 bits per heavy atom. The first kappa shape index (κ1) is 25.1. The van der Waals surface area contributed by atoms with Crippen LogP contribution in [0.3, 0.4) is 0 Å². The number of aromatic nitrogens is 2. The summed E-state index contributed by atoms with van der Waals surface area (Å²) in [5.74, 6) is 0.0990. The number of anilines is 1. The molecule has 9 nitrogen and oxygen atoms in total. The lowest BCUT2D eigenvalue weighted by molar-refractivity contribution is -0.384. The minimum absolute atomic E-state index is 0.0990. The van der Waals surface area contributed by atoms with Gasteiger partial charge in [0.05, 0.1) is 16.0 Å². The third kappa shape index (κ3) is 4.63. The molecule has 1 saturated heterocycles. The van der Waals surface area contributed by atoms with Gasteiger partial charge >= 0.3 is 0 Å². The Morgan fingerprint density at radius 1 is 0.895 bits per heavy atom. The first-order valence-corrected chi connectivity index (χ1v) is 12.6. The Morgan fingerprint density at radius 3 is 2.16 bits per heavy atom. The minimum Gasteiger partial charge on any atom is -0.368 e. The predicted molar refractivity (Wildman–Crippen MR) is 148 cm³/mol. The van der Waals surface area contributed by atoms with E-state index in [1.807, 2.05) is 68.1 Å². The lowest BCUT2D eigenvalue weighted by Crippen LogP contribution is -2.51. The van der Waals surface area contributed by atoms with Gasteiger partial charge < -0.3 is 9.80 Å². The molecule has 1 amide bonds. The molecule has 0 aliphatic carbocycles. The van der Waals surface area contributed by atoms with E-state index in [1.165, 1.54) is 6.07 Å². The summed E-state index contributed by atoms with van der Waals surface area (Å²) in [7, 11) is 0. The van der Waals surface area contributed by atoms with E-state index >= 15 is 0 Å². The molecule has 0 saturated carbocycles. The molecule has 1 aromatic heterocycles. The van der Waals surface area contributed by atoms with E-state index in [0.29, 0.717) is 42.6 Å². The number of hydrogen-bond acceptors (Lipinski definition) is 6. The number of amides is 1. The highest BCUT2D eigenvalue weighted by molar-refractivity contribution is 5.94. The summed E-state index contributed by atoms with van der Waals surface area (Å²) in [4.78, 5) is 41.8. The molecule has 1 aliphatic rings. The van der Waals surface area contributed by atoms with Crippen LogP contribution < -0.4 is 10.5 Å². The van der Waals surface area contributed by atoms with Gasteiger partial charge in [0.1, 0.15) is 5.69 Å².